The van der Waals surface area contributed by atoms with Crippen molar-refractivity contribution >= 4 is 18.5 Å². The first-order chi connectivity index (χ1) is 5.99. The molecular formula is C11H22ClP. The van der Waals surface area contributed by atoms with Gasteiger partial charge in [0.25, 0.3) is 0 Å². The molecule has 0 N–H and O–H groups in total. The molecule has 1 unspecified atom stereocenters. The van der Waals surface area contributed by atoms with Gasteiger partial charge in [-0.2, -0.15) is 0 Å². The highest BCUT2D eigenvalue weighted by atomic mass is 35.7. The second-order valence-electron chi connectivity index (χ2n) is 5.41. The molecule has 1 rings (SSSR count). The van der Waals surface area contributed by atoms with E-state index in [2.05, 4.69) is 20.8 Å². The van der Waals surface area contributed by atoms with Crippen LogP contribution in [0, 0.1) is 5.41 Å². The van der Waals surface area contributed by atoms with E-state index in [1.807, 2.05) is 0 Å². The fraction of sp³-hybridized carbons (Fsp3) is 1.00. The summed E-state index contributed by atoms with van der Waals surface area (Å²) in [5.74, 6) is 0. The maximum Gasteiger partial charge on any atom is -0.00604 e. The third-order valence-corrected chi connectivity index (χ3v) is 6.34. The average Bonchev–Trinajstić information content (AvgIpc) is 2.03. The van der Waals surface area contributed by atoms with Crippen LogP contribution in [0.3, 0.4) is 0 Å². The minimum Gasteiger partial charge on any atom is -0.0961 e. The Hall–Kier alpha value is 0.720. The third-order valence-electron chi connectivity index (χ3n) is 2.60. The second kappa shape index (κ2) is 4.99. The zero-order valence-electron chi connectivity index (χ0n) is 9.15. The van der Waals surface area contributed by atoms with Crippen LogP contribution in [0.15, 0.2) is 0 Å². The lowest BCUT2D eigenvalue weighted by molar-refractivity contribution is 0.468. The quantitative estimate of drug-likeness (QED) is 0.575. The molecule has 1 fully saturated rings. The highest BCUT2D eigenvalue weighted by Crippen LogP contribution is 2.54. The lowest BCUT2D eigenvalue weighted by Gasteiger charge is -2.30. The first kappa shape index (κ1) is 11.8. The maximum atomic E-state index is 6.51. The fourth-order valence-corrected chi connectivity index (χ4v) is 5.69. The van der Waals surface area contributed by atoms with Gasteiger partial charge in [0.05, 0.1) is 0 Å². The zero-order chi connectivity index (χ0) is 9.90. The minimum absolute atomic E-state index is 0.215. The molecular weight excluding hydrogens is 199 g/mol. The highest BCUT2D eigenvalue weighted by molar-refractivity contribution is 7.84. The molecule has 0 aliphatic heterocycles. The fourth-order valence-electron chi connectivity index (χ4n) is 1.94. The van der Waals surface area contributed by atoms with E-state index in [1.165, 1.54) is 38.3 Å². The largest absolute Gasteiger partial charge is 0.0961 e. The number of rotatable bonds is 2. The van der Waals surface area contributed by atoms with Crippen molar-refractivity contribution < 1.29 is 0 Å². The molecule has 1 aliphatic carbocycles. The Bertz CT molecular complexity index is 145. The molecule has 0 nitrogen and oxygen atoms in total. The molecule has 0 bridgehead atoms. The van der Waals surface area contributed by atoms with Crippen LogP contribution in [-0.2, 0) is 0 Å². The Morgan fingerprint density at radius 1 is 1.15 bits per heavy atom. The van der Waals surface area contributed by atoms with Crippen LogP contribution in [0.4, 0.5) is 0 Å². The van der Waals surface area contributed by atoms with Crippen LogP contribution in [-0.4, -0.2) is 11.8 Å². The molecule has 0 saturated heterocycles. The van der Waals surface area contributed by atoms with Crippen molar-refractivity contribution in [1.29, 1.82) is 0 Å². The summed E-state index contributed by atoms with van der Waals surface area (Å²) in [6.07, 6.45) is 8.29. The maximum absolute atomic E-state index is 6.51. The van der Waals surface area contributed by atoms with E-state index < -0.39 is 0 Å². The Labute approximate surface area is 89.0 Å². The molecule has 0 aromatic heterocycles. The predicted molar refractivity (Wildman–Crippen MR) is 64.0 cm³/mol. The van der Waals surface area contributed by atoms with Crippen LogP contribution in [0.1, 0.15) is 52.9 Å². The highest BCUT2D eigenvalue weighted by Gasteiger charge is 2.25. The number of hydrogen-bond acceptors (Lipinski definition) is 0. The summed E-state index contributed by atoms with van der Waals surface area (Å²) in [5, 5.41) is 0. The first-order valence-corrected chi connectivity index (χ1v) is 7.91. The Balaban J connectivity index is 2.33. The smallest absolute Gasteiger partial charge is 0.00604 e. The van der Waals surface area contributed by atoms with Gasteiger partial charge in [0.2, 0.25) is 0 Å². The Kier molecular flexibility index (Phi) is 4.52. The Morgan fingerprint density at radius 3 is 2.15 bits per heavy atom. The van der Waals surface area contributed by atoms with Crippen LogP contribution in [0.5, 0.6) is 0 Å². The van der Waals surface area contributed by atoms with E-state index in [4.69, 9.17) is 11.2 Å². The average molecular weight is 221 g/mol. The molecule has 0 aromatic carbocycles. The summed E-state index contributed by atoms with van der Waals surface area (Å²) >= 11 is 6.51. The van der Waals surface area contributed by atoms with E-state index in [1.54, 1.807) is 0 Å². The van der Waals surface area contributed by atoms with Gasteiger partial charge in [0, 0.05) is 0 Å². The van der Waals surface area contributed by atoms with Gasteiger partial charge in [-0.3, -0.25) is 0 Å². The van der Waals surface area contributed by atoms with Gasteiger partial charge < -0.3 is 0 Å². The first-order valence-electron chi connectivity index (χ1n) is 5.41. The molecule has 1 saturated carbocycles. The number of hydrogen-bond donors (Lipinski definition) is 0. The molecule has 13 heavy (non-hydrogen) atoms. The van der Waals surface area contributed by atoms with Gasteiger partial charge in [-0.1, -0.05) is 51.3 Å². The summed E-state index contributed by atoms with van der Waals surface area (Å²) in [7, 11) is -0.215. The van der Waals surface area contributed by atoms with E-state index in [-0.39, 0.29) is 7.27 Å². The van der Waals surface area contributed by atoms with Crippen molar-refractivity contribution in [2.75, 3.05) is 6.16 Å². The van der Waals surface area contributed by atoms with E-state index in [9.17, 15) is 0 Å². The monoisotopic (exact) mass is 220 g/mol. The van der Waals surface area contributed by atoms with Crippen LogP contribution >= 0.6 is 18.5 Å². The van der Waals surface area contributed by atoms with E-state index in [0.29, 0.717) is 5.41 Å². The molecule has 0 heterocycles. The van der Waals surface area contributed by atoms with Gasteiger partial charge in [0.15, 0.2) is 0 Å². The molecule has 0 spiro atoms. The van der Waals surface area contributed by atoms with Gasteiger partial charge in [-0.15, -0.1) is 0 Å². The van der Waals surface area contributed by atoms with Crippen molar-refractivity contribution in [3.05, 3.63) is 0 Å². The second-order valence-corrected chi connectivity index (χ2v) is 8.56. The van der Waals surface area contributed by atoms with Crippen molar-refractivity contribution in [2.24, 2.45) is 5.41 Å². The molecule has 0 aromatic rings. The SMILES string of the molecule is CC(C)(C)CP(Cl)C1CCCCC1. The normalized spacial score (nSPS) is 23.1. The number of halogens is 1. The molecule has 0 radical (unpaired) electrons. The van der Waals surface area contributed by atoms with E-state index in [0.717, 1.165) is 5.66 Å². The van der Waals surface area contributed by atoms with E-state index >= 15 is 0 Å². The summed E-state index contributed by atoms with van der Waals surface area (Å²) in [5.41, 5.74) is 1.29. The van der Waals surface area contributed by atoms with Crippen LogP contribution in [0.25, 0.3) is 0 Å². The lowest BCUT2D eigenvalue weighted by Crippen LogP contribution is -2.16. The molecule has 78 valence electrons. The summed E-state index contributed by atoms with van der Waals surface area (Å²) in [6, 6.07) is 0. The Morgan fingerprint density at radius 2 is 1.69 bits per heavy atom. The summed E-state index contributed by atoms with van der Waals surface area (Å²) < 4.78 is 0. The molecule has 0 amide bonds. The van der Waals surface area contributed by atoms with Crippen molar-refractivity contribution in [2.45, 2.75) is 58.5 Å². The van der Waals surface area contributed by atoms with Gasteiger partial charge in [-0.05, 0) is 37.4 Å². The van der Waals surface area contributed by atoms with Crippen LogP contribution in [0.2, 0.25) is 0 Å². The predicted octanol–water partition coefficient (Wildman–Crippen LogP) is 5.00. The van der Waals surface area contributed by atoms with Gasteiger partial charge in [-0.25, -0.2) is 0 Å². The summed E-state index contributed by atoms with van der Waals surface area (Å²) in [6.45, 7) is 6.90. The third kappa shape index (κ3) is 4.66. The van der Waals surface area contributed by atoms with Crippen molar-refractivity contribution in [1.82, 2.24) is 0 Å². The summed E-state index contributed by atoms with van der Waals surface area (Å²) in [4.78, 5) is 0. The van der Waals surface area contributed by atoms with Crippen LogP contribution < -0.4 is 0 Å². The molecule has 2 heteroatoms. The topological polar surface area (TPSA) is 0 Å². The van der Waals surface area contributed by atoms with Gasteiger partial charge >= 0.3 is 0 Å². The van der Waals surface area contributed by atoms with Crippen molar-refractivity contribution in [3.8, 4) is 0 Å². The zero-order valence-corrected chi connectivity index (χ0v) is 10.8. The van der Waals surface area contributed by atoms with Crippen molar-refractivity contribution in [3.63, 3.8) is 0 Å². The molecule has 1 aliphatic rings. The minimum atomic E-state index is -0.215. The standard InChI is InChI=1S/C11H22ClP/c1-11(2,3)9-13(12)10-7-5-4-6-8-10/h10H,4-9H2,1-3H3. The molecule has 1 atom stereocenters. The van der Waals surface area contributed by atoms with Gasteiger partial charge in [0.1, 0.15) is 0 Å². The lowest BCUT2D eigenvalue weighted by atomic mass is 10.00.